The fourth-order valence-electron chi connectivity index (χ4n) is 1.49. The molecular weight excluding hydrogens is 216 g/mol. The molecule has 1 rings (SSSR count). The van der Waals surface area contributed by atoms with Crippen LogP contribution in [-0.2, 0) is 0 Å². The molecule has 0 aliphatic rings. The maximum atomic E-state index is 11.7. The van der Waals surface area contributed by atoms with Crippen molar-refractivity contribution >= 4 is 17.5 Å². The Bertz CT molecular complexity index is 295. The molecule has 0 heterocycles. The molecule has 0 unspecified atom stereocenters. The summed E-state index contributed by atoms with van der Waals surface area (Å²) in [6.07, 6.45) is 4.52. The van der Waals surface area contributed by atoms with Crippen molar-refractivity contribution in [2.24, 2.45) is 0 Å². The minimum atomic E-state index is 0.267. The van der Waals surface area contributed by atoms with Gasteiger partial charge in [-0.2, -0.15) is 11.8 Å². The second kappa shape index (κ2) is 8.40. The zero-order valence-electron chi connectivity index (χ0n) is 9.95. The van der Waals surface area contributed by atoms with Crippen LogP contribution in [0.3, 0.4) is 0 Å². The number of unbranched alkanes of at least 4 members (excludes halogenated alkanes) is 2. The molecule has 0 radical (unpaired) electrons. The van der Waals surface area contributed by atoms with Crippen molar-refractivity contribution in [2.45, 2.75) is 32.6 Å². The first-order chi connectivity index (χ1) is 7.84. The standard InChI is InChI=1S/C14H20OS/c1-2-3-7-11-16-12-10-14(15)13-8-5-4-6-9-13/h4-6,8-9H,2-3,7,10-12H2,1H3. The third kappa shape index (κ3) is 5.36. The number of carbonyl (C=O) groups is 1. The van der Waals surface area contributed by atoms with Gasteiger partial charge >= 0.3 is 0 Å². The smallest absolute Gasteiger partial charge is 0.163 e. The van der Waals surface area contributed by atoms with Crippen molar-refractivity contribution in [3.05, 3.63) is 35.9 Å². The van der Waals surface area contributed by atoms with Gasteiger partial charge < -0.3 is 0 Å². The summed E-state index contributed by atoms with van der Waals surface area (Å²) in [6.45, 7) is 2.21. The van der Waals surface area contributed by atoms with Gasteiger partial charge in [-0.15, -0.1) is 0 Å². The average molecular weight is 236 g/mol. The number of benzene rings is 1. The van der Waals surface area contributed by atoms with Crippen molar-refractivity contribution < 1.29 is 4.79 Å². The van der Waals surface area contributed by atoms with Gasteiger partial charge in [-0.25, -0.2) is 0 Å². The highest BCUT2D eigenvalue weighted by molar-refractivity contribution is 7.99. The molecule has 2 heteroatoms. The van der Waals surface area contributed by atoms with Gasteiger partial charge in [0.25, 0.3) is 0 Å². The minimum absolute atomic E-state index is 0.267. The van der Waals surface area contributed by atoms with Crippen molar-refractivity contribution in [3.63, 3.8) is 0 Å². The van der Waals surface area contributed by atoms with Crippen LogP contribution in [-0.4, -0.2) is 17.3 Å². The van der Waals surface area contributed by atoms with Crippen molar-refractivity contribution in [1.29, 1.82) is 0 Å². The van der Waals surface area contributed by atoms with Crippen LogP contribution in [0.25, 0.3) is 0 Å². The maximum Gasteiger partial charge on any atom is 0.163 e. The summed E-state index contributed by atoms with van der Waals surface area (Å²) < 4.78 is 0. The van der Waals surface area contributed by atoms with Gasteiger partial charge in [0.05, 0.1) is 0 Å². The summed E-state index contributed by atoms with van der Waals surface area (Å²) >= 11 is 1.90. The zero-order chi connectivity index (χ0) is 11.6. The molecule has 0 bridgehead atoms. The Hall–Kier alpha value is -0.760. The van der Waals surface area contributed by atoms with Gasteiger partial charge in [-0.05, 0) is 12.2 Å². The lowest BCUT2D eigenvalue weighted by Gasteiger charge is -2.01. The number of ketones is 1. The maximum absolute atomic E-state index is 11.7. The first kappa shape index (κ1) is 13.3. The summed E-state index contributed by atoms with van der Waals surface area (Å²) in [7, 11) is 0. The van der Waals surface area contributed by atoms with Gasteiger partial charge in [-0.1, -0.05) is 50.1 Å². The Labute approximate surface area is 103 Å². The predicted octanol–water partition coefficient (Wildman–Crippen LogP) is 4.18. The summed E-state index contributed by atoms with van der Waals surface area (Å²) in [5.74, 6) is 2.41. The molecule has 0 fully saturated rings. The second-order valence-corrected chi connectivity index (χ2v) is 5.08. The predicted molar refractivity (Wildman–Crippen MR) is 72.2 cm³/mol. The van der Waals surface area contributed by atoms with Crippen LogP contribution in [0.15, 0.2) is 30.3 Å². The molecular formula is C14H20OS. The van der Waals surface area contributed by atoms with E-state index < -0.39 is 0 Å². The Morgan fingerprint density at radius 2 is 1.88 bits per heavy atom. The molecule has 1 aromatic rings. The monoisotopic (exact) mass is 236 g/mol. The van der Waals surface area contributed by atoms with E-state index in [-0.39, 0.29) is 5.78 Å². The minimum Gasteiger partial charge on any atom is -0.294 e. The number of carbonyl (C=O) groups excluding carboxylic acids is 1. The number of thioether (sulfide) groups is 1. The second-order valence-electron chi connectivity index (χ2n) is 3.86. The molecule has 0 aromatic heterocycles. The van der Waals surface area contributed by atoms with Crippen LogP contribution >= 0.6 is 11.8 Å². The van der Waals surface area contributed by atoms with E-state index in [4.69, 9.17) is 0 Å². The number of Topliss-reactive ketones (excluding diaryl/α,β-unsaturated/α-hetero) is 1. The van der Waals surface area contributed by atoms with E-state index >= 15 is 0 Å². The van der Waals surface area contributed by atoms with E-state index in [1.54, 1.807) is 0 Å². The molecule has 0 spiro atoms. The van der Waals surface area contributed by atoms with E-state index in [1.807, 2.05) is 42.1 Å². The number of hydrogen-bond acceptors (Lipinski definition) is 2. The molecule has 1 aromatic carbocycles. The molecule has 1 nitrogen and oxygen atoms in total. The van der Waals surface area contributed by atoms with Crippen LogP contribution in [0.4, 0.5) is 0 Å². The van der Waals surface area contributed by atoms with E-state index in [2.05, 4.69) is 6.92 Å². The summed E-state index contributed by atoms with van der Waals surface area (Å²) in [5, 5.41) is 0. The van der Waals surface area contributed by atoms with Gasteiger partial charge in [0, 0.05) is 17.7 Å². The van der Waals surface area contributed by atoms with Gasteiger partial charge in [0.2, 0.25) is 0 Å². The van der Waals surface area contributed by atoms with Crippen LogP contribution in [0, 0.1) is 0 Å². The van der Waals surface area contributed by atoms with Gasteiger partial charge in [-0.3, -0.25) is 4.79 Å². The van der Waals surface area contributed by atoms with E-state index in [0.29, 0.717) is 6.42 Å². The zero-order valence-corrected chi connectivity index (χ0v) is 10.8. The Kier molecular flexibility index (Phi) is 6.98. The third-order valence-corrected chi connectivity index (χ3v) is 3.53. The summed E-state index contributed by atoms with van der Waals surface area (Å²) in [5.41, 5.74) is 0.844. The average Bonchev–Trinajstić information content (AvgIpc) is 2.34. The summed E-state index contributed by atoms with van der Waals surface area (Å²) in [4.78, 5) is 11.7. The van der Waals surface area contributed by atoms with Crippen molar-refractivity contribution in [2.75, 3.05) is 11.5 Å². The molecule has 88 valence electrons. The largest absolute Gasteiger partial charge is 0.294 e. The molecule has 0 aliphatic carbocycles. The topological polar surface area (TPSA) is 17.1 Å². The molecule has 0 saturated heterocycles. The molecule has 16 heavy (non-hydrogen) atoms. The van der Waals surface area contributed by atoms with Crippen LogP contribution in [0.2, 0.25) is 0 Å². The molecule has 0 saturated carbocycles. The highest BCUT2D eigenvalue weighted by Crippen LogP contribution is 2.10. The fourth-order valence-corrected chi connectivity index (χ4v) is 2.43. The van der Waals surface area contributed by atoms with E-state index in [1.165, 1.54) is 25.0 Å². The first-order valence-electron chi connectivity index (χ1n) is 6.00. The van der Waals surface area contributed by atoms with E-state index in [0.717, 1.165) is 11.3 Å². The van der Waals surface area contributed by atoms with Crippen LogP contribution < -0.4 is 0 Å². The van der Waals surface area contributed by atoms with Crippen molar-refractivity contribution in [1.82, 2.24) is 0 Å². The van der Waals surface area contributed by atoms with Crippen LogP contribution in [0.5, 0.6) is 0 Å². The lowest BCUT2D eigenvalue weighted by atomic mass is 10.1. The van der Waals surface area contributed by atoms with Gasteiger partial charge in [0.1, 0.15) is 0 Å². The highest BCUT2D eigenvalue weighted by Gasteiger charge is 2.03. The van der Waals surface area contributed by atoms with Crippen LogP contribution in [0.1, 0.15) is 43.0 Å². The normalized spacial score (nSPS) is 10.3. The Morgan fingerprint density at radius 3 is 2.56 bits per heavy atom. The van der Waals surface area contributed by atoms with Crippen molar-refractivity contribution in [3.8, 4) is 0 Å². The van der Waals surface area contributed by atoms with E-state index in [9.17, 15) is 4.79 Å². The third-order valence-electron chi connectivity index (χ3n) is 2.46. The number of rotatable bonds is 8. The molecule has 0 aliphatic heterocycles. The Balaban J connectivity index is 2.12. The molecule has 0 N–H and O–H groups in total. The lowest BCUT2D eigenvalue weighted by Crippen LogP contribution is -2.00. The highest BCUT2D eigenvalue weighted by atomic mass is 32.2. The van der Waals surface area contributed by atoms with Gasteiger partial charge in [0.15, 0.2) is 5.78 Å². The SMILES string of the molecule is CCCCCSCCC(=O)c1ccccc1. The quantitative estimate of drug-likeness (QED) is 0.497. The first-order valence-corrected chi connectivity index (χ1v) is 7.16. The fraction of sp³-hybridized carbons (Fsp3) is 0.500. The lowest BCUT2D eigenvalue weighted by molar-refractivity contribution is 0.0989. The Morgan fingerprint density at radius 1 is 1.12 bits per heavy atom. The number of hydrogen-bond donors (Lipinski definition) is 0. The molecule has 0 atom stereocenters. The summed E-state index contributed by atoms with van der Waals surface area (Å²) in [6, 6.07) is 9.56. The molecule has 0 amide bonds.